The minimum Gasteiger partial charge on any atom is -0.480 e. The molecule has 164 valence electrons. The Balaban J connectivity index is 2.17. The van der Waals surface area contributed by atoms with Crippen LogP contribution in [0.2, 0.25) is 0 Å². The number of H-pyrrole nitrogens is 1. The second kappa shape index (κ2) is 11.3. The van der Waals surface area contributed by atoms with Crippen molar-refractivity contribution in [2.45, 2.75) is 43.8 Å². The van der Waals surface area contributed by atoms with E-state index in [4.69, 9.17) is 16.6 Å². The number of para-hydroxylation sites is 1. The van der Waals surface area contributed by atoms with Crippen LogP contribution in [-0.4, -0.2) is 64.3 Å². The highest BCUT2D eigenvalue weighted by atomic mass is 16.4. The first-order valence-corrected chi connectivity index (χ1v) is 9.82. The van der Waals surface area contributed by atoms with Crippen molar-refractivity contribution in [3.05, 3.63) is 36.0 Å². The van der Waals surface area contributed by atoms with Crippen molar-refractivity contribution in [3.63, 3.8) is 0 Å². The van der Waals surface area contributed by atoms with Gasteiger partial charge in [-0.15, -0.1) is 0 Å². The van der Waals surface area contributed by atoms with Crippen LogP contribution in [-0.2, 0) is 20.8 Å². The number of hydrogen-bond acceptors (Lipinski definition) is 6. The van der Waals surface area contributed by atoms with Crippen molar-refractivity contribution < 1.29 is 24.6 Å². The molecule has 0 fully saturated rings. The summed E-state index contributed by atoms with van der Waals surface area (Å²) in [6, 6.07) is 4.13. The first-order chi connectivity index (χ1) is 14.4. The van der Waals surface area contributed by atoms with E-state index < -0.39 is 42.5 Å². The normalized spacial score (nSPS) is 14.1. The van der Waals surface area contributed by atoms with Crippen molar-refractivity contribution in [3.8, 4) is 0 Å². The highest BCUT2D eigenvalue weighted by molar-refractivity contribution is 5.93. The number of carboxylic acids is 1. The highest BCUT2D eigenvalue weighted by Crippen LogP contribution is 2.19. The molecule has 0 aliphatic heterocycles. The number of carboxylic acid groups (broad SMARTS) is 1. The number of benzene rings is 1. The summed E-state index contributed by atoms with van der Waals surface area (Å²) >= 11 is 0. The molecule has 0 unspecified atom stereocenters. The van der Waals surface area contributed by atoms with Crippen molar-refractivity contribution >= 4 is 28.7 Å². The molecular weight excluding hydrogens is 390 g/mol. The number of rotatable bonds is 12. The van der Waals surface area contributed by atoms with Gasteiger partial charge in [0.1, 0.15) is 12.1 Å². The van der Waals surface area contributed by atoms with E-state index in [2.05, 4.69) is 15.6 Å². The SMILES string of the molecule is NCCCC[C@H](N)C(=O)N[C@@H](Cc1c[nH]c2ccccc12)C(=O)N[C@@H](CO)C(=O)O. The molecule has 1 aromatic carbocycles. The molecule has 1 heterocycles. The predicted octanol–water partition coefficient (Wildman–Crippen LogP) is -0.787. The van der Waals surface area contributed by atoms with E-state index in [9.17, 15) is 19.5 Å². The van der Waals surface area contributed by atoms with Crippen LogP contribution in [0.15, 0.2) is 30.5 Å². The molecule has 10 heteroatoms. The monoisotopic (exact) mass is 419 g/mol. The fraction of sp³-hybridized carbons (Fsp3) is 0.450. The van der Waals surface area contributed by atoms with E-state index in [-0.39, 0.29) is 6.42 Å². The van der Waals surface area contributed by atoms with E-state index in [0.29, 0.717) is 19.4 Å². The molecule has 0 radical (unpaired) electrons. The predicted molar refractivity (Wildman–Crippen MR) is 111 cm³/mol. The summed E-state index contributed by atoms with van der Waals surface area (Å²) in [7, 11) is 0. The van der Waals surface area contributed by atoms with Gasteiger partial charge in [0.05, 0.1) is 12.6 Å². The molecule has 0 spiro atoms. The molecule has 0 bridgehead atoms. The number of amides is 2. The van der Waals surface area contributed by atoms with Gasteiger partial charge in [-0.25, -0.2) is 4.79 Å². The second-order valence-corrected chi connectivity index (χ2v) is 7.10. The Kier molecular flexibility index (Phi) is 8.78. The molecule has 9 N–H and O–H groups in total. The molecule has 3 atom stereocenters. The van der Waals surface area contributed by atoms with Crippen LogP contribution in [0.1, 0.15) is 24.8 Å². The molecule has 2 aromatic rings. The maximum atomic E-state index is 12.7. The van der Waals surface area contributed by atoms with Crippen LogP contribution in [0, 0.1) is 0 Å². The van der Waals surface area contributed by atoms with Crippen molar-refractivity contribution in [2.24, 2.45) is 11.5 Å². The van der Waals surface area contributed by atoms with Gasteiger partial charge >= 0.3 is 5.97 Å². The zero-order valence-electron chi connectivity index (χ0n) is 16.6. The molecule has 0 saturated heterocycles. The Morgan fingerprint density at radius 3 is 2.43 bits per heavy atom. The molecular formula is C20H29N5O5. The highest BCUT2D eigenvalue weighted by Gasteiger charge is 2.28. The summed E-state index contributed by atoms with van der Waals surface area (Å²) in [5.41, 5.74) is 13.0. The zero-order chi connectivity index (χ0) is 22.1. The minimum absolute atomic E-state index is 0.120. The lowest BCUT2D eigenvalue weighted by Gasteiger charge is -2.22. The van der Waals surface area contributed by atoms with Crippen molar-refractivity contribution in [2.75, 3.05) is 13.2 Å². The molecule has 0 aliphatic carbocycles. The van der Waals surface area contributed by atoms with Crippen LogP contribution >= 0.6 is 0 Å². The van der Waals surface area contributed by atoms with Crippen LogP contribution in [0.25, 0.3) is 10.9 Å². The van der Waals surface area contributed by atoms with Gasteiger partial charge < -0.3 is 37.3 Å². The minimum atomic E-state index is -1.47. The third-order valence-corrected chi connectivity index (χ3v) is 4.84. The lowest BCUT2D eigenvalue weighted by molar-refractivity contribution is -0.143. The number of aliphatic carboxylic acids is 1. The standard InChI is InChI=1S/C20H29N5O5/c21-8-4-3-6-14(22)18(27)24-16(19(28)25-17(11-26)20(29)30)9-12-10-23-15-7-2-1-5-13(12)15/h1-2,5,7,10,14,16-17,23,26H,3-4,6,8-9,11,21-22H2,(H,24,27)(H,25,28)(H,29,30)/t14-,16-,17-/m0/s1. The Bertz CT molecular complexity index is 868. The van der Waals surface area contributed by atoms with Gasteiger partial charge in [-0.3, -0.25) is 9.59 Å². The molecule has 10 nitrogen and oxygen atoms in total. The van der Waals surface area contributed by atoms with Crippen molar-refractivity contribution in [1.29, 1.82) is 0 Å². The van der Waals surface area contributed by atoms with Gasteiger partial charge in [0.25, 0.3) is 0 Å². The number of nitrogens with one attached hydrogen (secondary N) is 3. The van der Waals surface area contributed by atoms with Gasteiger partial charge in [0, 0.05) is 23.5 Å². The Hall–Kier alpha value is -2.95. The number of aromatic nitrogens is 1. The molecule has 1 aromatic heterocycles. The van der Waals surface area contributed by atoms with Gasteiger partial charge in [0.15, 0.2) is 0 Å². The average Bonchev–Trinajstić information content (AvgIpc) is 3.14. The Morgan fingerprint density at radius 2 is 1.77 bits per heavy atom. The first-order valence-electron chi connectivity index (χ1n) is 9.82. The van der Waals surface area contributed by atoms with Crippen LogP contribution < -0.4 is 22.1 Å². The Labute approximate surface area is 174 Å². The summed E-state index contributed by atoms with van der Waals surface area (Å²) in [6.45, 7) is -0.273. The van der Waals surface area contributed by atoms with E-state index >= 15 is 0 Å². The second-order valence-electron chi connectivity index (χ2n) is 7.10. The fourth-order valence-electron chi connectivity index (χ4n) is 3.11. The maximum absolute atomic E-state index is 12.7. The lowest BCUT2D eigenvalue weighted by atomic mass is 10.0. The number of aromatic amines is 1. The number of fused-ring (bicyclic) bond motifs is 1. The number of unbranched alkanes of at least 4 members (excludes halogenated alkanes) is 1. The number of nitrogens with two attached hydrogens (primary N) is 2. The fourth-order valence-corrected chi connectivity index (χ4v) is 3.11. The quantitative estimate of drug-likeness (QED) is 0.220. The van der Waals surface area contributed by atoms with Crippen LogP contribution in [0.3, 0.4) is 0 Å². The molecule has 0 aliphatic rings. The summed E-state index contributed by atoms with van der Waals surface area (Å²) in [4.78, 5) is 39.5. The molecule has 2 amide bonds. The van der Waals surface area contributed by atoms with E-state index in [0.717, 1.165) is 22.9 Å². The summed E-state index contributed by atoms with van der Waals surface area (Å²) in [6.07, 6.45) is 3.68. The first kappa shape index (κ1) is 23.3. The van der Waals surface area contributed by atoms with Gasteiger partial charge in [0.2, 0.25) is 11.8 Å². The Morgan fingerprint density at radius 1 is 1.07 bits per heavy atom. The van der Waals surface area contributed by atoms with E-state index in [1.807, 2.05) is 24.3 Å². The molecule has 2 rings (SSSR count). The summed E-state index contributed by atoms with van der Waals surface area (Å²) in [5.74, 6) is -2.60. The number of hydrogen-bond donors (Lipinski definition) is 7. The average molecular weight is 419 g/mol. The number of carbonyl (C=O) groups excluding carboxylic acids is 2. The number of carbonyl (C=O) groups is 3. The van der Waals surface area contributed by atoms with Crippen LogP contribution in [0.4, 0.5) is 0 Å². The lowest BCUT2D eigenvalue weighted by Crippen LogP contribution is -2.55. The van der Waals surface area contributed by atoms with E-state index in [1.54, 1.807) is 6.20 Å². The summed E-state index contributed by atoms with van der Waals surface area (Å²) in [5, 5.41) is 24.0. The van der Waals surface area contributed by atoms with Crippen molar-refractivity contribution in [1.82, 2.24) is 15.6 Å². The van der Waals surface area contributed by atoms with Gasteiger partial charge in [-0.05, 0) is 31.0 Å². The number of aliphatic hydroxyl groups is 1. The maximum Gasteiger partial charge on any atom is 0.328 e. The van der Waals surface area contributed by atoms with Crippen LogP contribution in [0.5, 0.6) is 0 Å². The number of aliphatic hydroxyl groups excluding tert-OH is 1. The molecule has 0 saturated carbocycles. The smallest absolute Gasteiger partial charge is 0.328 e. The zero-order valence-corrected chi connectivity index (χ0v) is 16.6. The molecule has 30 heavy (non-hydrogen) atoms. The summed E-state index contributed by atoms with van der Waals surface area (Å²) < 4.78 is 0. The third-order valence-electron chi connectivity index (χ3n) is 4.84. The van der Waals surface area contributed by atoms with Gasteiger partial charge in [-0.1, -0.05) is 24.6 Å². The third kappa shape index (κ3) is 6.28. The van der Waals surface area contributed by atoms with Gasteiger partial charge in [-0.2, -0.15) is 0 Å². The topological polar surface area (TPSA) is 184 Å². The van der Waals surface area contributed by atoms with E-state index in [1.165, 1.54) is 0 Å². The largest absolute Gasteiger partial charge is 0.480 e.